The molecule has 0 bridgehead atoms. The number of halogens is 2. The molecule has 0 saturated carbocycles. The highest BCUT2D eigenvalue weighted by molar-refractivity contribution is 6.43. The first-order chi connectivity index (χ1) is 14.1. The molecule has 4 rings (SSSR count). The van der Waals surface area contributed by atoms with Gasteiger partial charge in [-0.25, -0.2) is 0 Å². The van der Waals surface area contributed by atoms with Gasteiger partial charge in [-0.15, -0.1) is 0 Å². The maximum Gasteiger partial charge on any atom is 0.186 e. The molecule has 0 atom stereocenters. The molecule has 29 heavy (non-hydrogen) atoms. The van der Waals surface area contributed by atoms with Crippen molar-refractivity contribution in [3.63, 3.8) is 0 Å². The van der Waals surface area contributed by atoms with Gasteiger partial charge in [-0.2, -0.15) is 0 Å². The minimum Gasteiger partial charge on any atom is -0.457 e. The summed E-state index contributed by atoms with van der Waals surface area (Å²) in [6.45, 7) is 3.06. The summed E-state index contributed by atoms with van der Waals surface area (Å²) in [5.41, 5.74) is 2.38. The predicted octanol–water partition coefficient (Wildman–Crippen LogP) is 5.99. The molecule has 3 aromatic rings. The maximum absolute atomic E-state index is 12.6. The Kier molecular flexibility index (Phi) is 6.05. The van der Waals surface area contributed by atoms with E-state index in [1.54, 1.807) is 24.3 Å². The number of allylic oxidation sites excluding steroid dienone is 1. The number of rotatable bonds is 5. The van der Waals surface area contributed by atoms with Crippen molar-refractivity contribution in [3.05, 3.63) is 82.0 Å². The molecule has 2 aromatic carbocycles. The van der Waals surface area contributed by atoms with Crippen molar-refractivity contribution in [2.45, 2.75) is 0 Å². The van der Waals surface area contributed by atoms with Crippen LogP contribution in [-0.2, 0) is 4.74 Å². The molecule has 0 aliphatic carbocycles. The number of nitrogens with zero attached hydrogens (tertiary/aromatic N) is 1. The summed E-state index contributed by atoms with van der Waals surface area (Å²) in [6.07, 6.45) is 3.17. The monoisotopic (exact) mass is 427 g/mol. The summed E-state index contributed by atoms with van der Waals surface area (Å²) < 4.78 is 11.2. The number of ether oxygens (including phenoxy) is 1. The van der Waals surface area contributed by atoms with E-state index in [9.17, 15) is 4.79 Å². The van der Waals surface area contributed by atoms with E-state index >= 15 is 0 Å². The number of ketones is 1. The minimum absolute atomic E-state index is 0.0844. The highest BCUT2D eigenvalue weighted by Crippen LogP contribution is 2.34. The van der Waals surface area contributed by atoms with Crippen molar-refractivity contribution in [3.8, 4) is 11.3 Å². The van der Waals surface area contributed by atoms with Crippen LogP contribution in [0, 0.1) is 0 Å². The van der Waals surface area contributed by atoms with E-state index in [0.29, 0.717) is 45.9 Å². The molecule has 1 saturated heterocycles. The van der Waals surface area contributed by atoms with Crippen LogP contribution in [0.4, 0.5) is 5.69 Å². The lowest BCUT2D eigenvalue weighted by Crippen LogP contribution is -2.36. The molecule has 0 N–H and O–H groups in total. The summed E-state index contributed by atoms with van der Waals surface area (Å²) in [4.78, 5) is 14.8. The third-order valence-corrected chi connectivity index (χ3v) is 5.57. The Morgan fingerprint density at radius 1 is 1.00 bits per heavy atom. The fourth-order valence-corrected chi connectivity index (χ4v) is 3.61. The Morgan fingerprint density at radius 2 is 1.79 bits per heavy atom. The molecule has 0 spiro atoms. The SMILES string of the molecule is O=C(/C=C/c1ccc(-c2cccc(Cl)c2Cl)o1)c1cccc(N2CCOCC2)c1. The molecular weight excluding hydrogens is 409 g/mol. The number of carbonyl (C=O) groups is 1. The van der Waals surface area contributed by atoms with E-state index in [1.807, 2.05) is 36.4 Å². The number of carbonyl (C=O) groups excluding carboxylic acids is 1. The van der Waals surface area contributed by atoms with Crippen molar-refractivity contribution >= 4 is 40.7 Å². The topological polar surface area (TPSA) is 42.7 Å². The van der Waals surface area contributed by atoms with Gasteiger partial charge in [0.2, 0.25) is 0 Å². The first-order valence-corrected chi connectivity index (χ1v) is 10.1. The Balaban J connectivity index is 1.49. The second-order valence-corrected chi connectivity index (χ2v) is 7.44. The van der Waals surface area contributed by atoms with Gasteiger partial charge in [0.05, 0.1) is 23.3 Å². The molecule has 148 valence electrons. The fraction of sp³-hybridized carbons (Fsp3) is 0.174. The maximum atomic E-state index is 12.6. The molecule has 1 aliphatic rings. The van der Waals surface area contributed by atoms with Crippen molar-refractivity contribution in [2.24, 2.45) is 0 Å². The van der Waals surface area contributed by atoms with Crippen LogP contribution >= 0.6 is 23.2 Å². The molecule has 6 heteroatoms. The number of benzene rings is 2. The van der Waals surface area contributed by atoms with Crippen molar-refractivity contribution in [1.82, 2.24) is 0 Å². The van der Waals surface area contributed by atoms with Gasteiger partial charge in [-0.05, 0) is 48.6 Å². The molecule has 1 aliphatic heterocycles. The lowest BCUT2D eigenvalue weighted by atomic mass is 10.1. The Bertz CT molecular complexity index is 1050. The standard InChI is InChI=1S/C23H19Cl2NO3/c24-20-6-2-5-19(23(20)25)22-10-8-18(29-22)7-9-21(27)16-3-1-4-17(15-16)26-11-13-28-14-12-26/h1-10,15H,11-14H2/b9-7+. The largest absolute Gasteiger partial charge is 0.457 e. The molecular formula is C23H19Cl2NO3. The lowest BCUT2D eigenvalue weighted by molar-refractivity contribution is 0.104. The van der Waals surface area contributed by atoms with Crippen LogP contribution < -0.4 is 4.90 Å². The summed E-state index contributed by atoms with van der Waals surface area (Å²) >= 11 is 12.3. The molecule has 2 heterocycles. The summed E-state index contributed by atoms with van der Waals surface area (Å²) in [5.74, 6) is 1.08. The number of furan rings is 1. The number of morpholine rings is 1. The summed E-state index contributed by atoms with van der Waals surface area (Å²) in [5, 5.41) is 0.906. The smallest absolute Gasteiger partial charge is 0.186 e. The molecule has 0 radical (unpaired) electrons. The minimum atomic E-state index is -0.0844. The Morgan fingerprint density at radius 3 is 2.62 bits per heavy atom. The van der Waals surface area contributed by atoms with Crippen LogP contribution in [-0.4, -0.2) is 32.1 Å². The zero-order valence-electron chi connectivity index (χ0n) is 15.6. The van der Waals surface area contributed by atoms with E-state index in [2.05, 4.69) is 4.90 Å². The molecule has 1 aromatic heterocycles. The molecule has 4 nitrogen and oxygen atoms in total. The van der Waals surface area contributed by atoms with Crippen LogP contribution in [0.3, 0.4) is 0 Å². The van der Waals surface area contributed by atoms with E-state index in [0.717, 1.165) is 18.8 Å². The van der Waals surface area contributed by atoms with Gasteiger partial charge in [-0.1, -0.05) is 41.4 Å². The van der Waals surface area contributed by atoms with Crippen LogP contribution in [0.2, 0.25) is 10.0 Å². The fourth-order valence-electron chi connectivity index (χ4n) is 3.21. The van der Waals surface area contributed by atoms with Crippen LogP contribution in [0.15, 0.2) is 65.1 Å². The zero-order chi connectivity index (χ0) is 20.2. The molecule has 0 amide bonds. The second kappa shape index (κ2) is 8.87. The number of hydrogen-bond acceptors (Lipinski definition) is 4. The van der Waals surface area contributed by atoms with E-state index in [-0.39, 0.29) is 5.78 Å². The lowest BCUT2D eigenvalue weighted by Gasteiger charge is -2.29. The Labute approximate surface area is 179 Å². The Hall–Kier alpha value is -2.53. The van der Waals surface area contributed by atoms with Gasteiger partial charge in [-0.3, -0.25) is 4.79 Å². The van der Waals surface area contributed by atoms with Gasteiger partial charge < -0.3 is 14.1 Å². The van der Waals surface area contributed by atoms with Gasteiger partial charge in [0.1, 0.15) is 11.5 Å². The van der Waals surface area contributed by atoms with Crippen molar-refractivity contribution in [1.29, 1.82) is 0 Å². The number of anilines is 1. The van der Waals surface area contributed by atoms with E-state index in [1.165, 1.54) is 6.08 Å². The second-order valence-electron chi connectivity index (χ2n) is 6.65. The predicted molar refractivity (Wildman–Crippen MR) is 117 cm³/mol. The van der Waals surface area contributed by atoms with Gasteiger partial charge >= 0.3 is 0 Å². The van der Waals surface area contributed by atoms with Gasteiger partial charge in [0, 0.05) is 29.9 Å². The van der Waals surface area contributed by atoms with Crippen LogP contribution in [0.5, 0.6) is 0 Å². The first-order valence-electron chi connectivity index (χ1n) is 9.31. The molecule has 0 unspecified atom stereocenters. The van der Waals surface area contributed by atoms with Crippen LogP contribution in [0.1, 0.15) is 16.1 Å². The van der Waals surface area contributed by atoms with E-state index in [4.69, 9.17) is 32.4 Å². The summed E-state index contributed by atoms with van der Waals surface area (Å²) in [7, 11) is 0. The van der Waals surface area contributed by atoms with E-state index < -0.39 is 0 Å². The number of hydrogen-bond donors (Lipinski definition) is 0. The quantitative estimate of drug-likeness (QED) is 0.370. The molecule has 1 fully saturated rings. The van der Waals surface area contributed by atoms with Crippen molar-refractivity contribution in [2.75, 3.05) is 31.2 Å². The average molecular weight is 428 g/mol. The average Bonchev–Trinajstić information content (AvgIpc) is 3.23. The zero-order valence-corrected chi connectivity index (χ0v) is 17.1. The first kappa shape index (κ1) is 19.8. The third kappa shape index (κ3) is 4.56. The third-order valence-electron chi connectivity index (χ3n) is 4.75. The van der Waals surface area contributed by atoms with Crippen LogP contribution in [0.25, 0.3) is 17.4 Å². The highest BCUT2D eigenvalue weighted by atomic mass is 35.5. The van der Waals surface area contributed by atoms with Crippen molar-refractivity contribution < 1.29 is 13.9 Å². The van der Waals surface area contributed by atoms with Gasteiger partial charge in [0.15, 0.2) is 5.78 Å². The normalized spacial score (nSPS) is 14.5. The highest BCUT2D eigenvalue weighted by Gasteiger charge is 2.13. The summed E-state index contributed by atoms with van der Waals surface area (Å²) in [6, 6.07) is 16.6. The van der Waals surface area contributed by atoms with Gasteiger partial charge in [0.25, 0.3) is 0 Å².